The number of nitrogens with one attached hydrogen (secondary N) is 1. The smallest absolute Gasteiger partial charge is 0.233 e. The molecule has 0 aromatic heterocycles. The summed E-state index contributed by atoms with van der Waals surface area (Å²) < 4.78 is 0. The Balaban J connectivity index is 2.05. The van der Waals surface area contributed by atoms with Crippen LogP contribution < -0.4 is 11.3 Å². The third-order valence-electron chi connectivity index (χ3n) is 3.54. The highest BCUT2D eigenvalue weighted by molar-refractivity contribution is 5.75. The van der Waals surface area contributed by atoms with Gasteiger partial charge in [0.15, 0.2) is 0 Å². The predicted octanol–water partition coefficient (Wildman–Crippen LogP) is 1.12. The number of unbranched alkanes of at least 4 members (excludes halogenated alkanes) is 1. The summed E-state index contributed by atoms with van der Waals surface area (Å²) in [4.78, 5) is 13.4. The van der Waals surface area contributed by atoms with E-state index in [1.807, 2.05) is 0 Å². The highest BCUT2D eigenvalue weighted by Crippen LogP contribution is 2.23. The first-order valence-electron chi connectivity index (χ1n) is 6.35. The van der Waals surface area contributed by atoms with Crippen molar-refractivity contribution in [3.05, 3.63) is 0 Å². The van der Waals surface area contributed by atoms with Crippen molar-refractivity contribution in [3.63, 3.8) is 0 Å². The molecule has 0 aromatic rings. The van der Waals surface area contributed by atoms with Crippen LogP contribution in [-0.2, 0) is 4.79 Å². The fraction of sp³-hybridized carbons (Fsp3) is 0.917. The van der Waals surface area contributed by atoms with Gasteiger partial charge in [-0.1, -0.05) is 13.8 Å². The fourth-order valence-corrected chi connectivity index (χ4v) is 2.30. The molecule has 1 amide bonds. The normalized spacial score (nSPS) is 21.6. The topological polar surface area (TPSA) is 58.4 Å². The van der Waals surface area contributed by atoms with Crippen molar-refractivity contribution in [1.82, 2.24) is 10.3 Å². The maximum atomic E-state index is 10.9. The van der Waals surface area contributed by atoms with E-state index in [0.717, 1.165) is 31.2 Å². The third kappa shape index (κ3) is 4.49. The first-order chi connectivity index (χ1) is 7.63. The van der Waals surface area contributed by atoms with Crippen LogP contribution in [0.1, 0.15) is 39.5 Å². The minimum absolute atomic E-state index is 0.0542. The first-order valence-corrected chi connectivity index (χ1v) is 6.35. The molecular weight excluding hydrogens is 202 g/mol. The van der Waals surface area contributed by atoms with Gasteiger partial charge < -0.3 is 4.90 Å². The highest BCUT2D eigenvalue weighted by atomic mass is 16.2. The van der Waals surface area contributed by atoms with Crippen molar-refractivity contribution in [2.24, 2.45) is 17.7 Å². The van der Waals surface area contributed by atoms with Crippen LogP contribution in [0.2, 0.25) is 0 Å². The van der Waals surface area contributed by atoms with E-state index in [1.54, 1.807) is 0 Å². The van der Waals surface area contributed by atoms with E-state index in [1.165, 1.54) is 19.5 Å². The van der Waals surface area contributed by atoms with Crippen molar-refractivity contribution in [3.8, 4) is 0 Å². The van der Waals surface area contributed by atoms with Gasteiger partial charge in [-0.3, -0.25) is 10.2 Å². The van der Waals surface area contributed by atoms with Crippen LogP contribution in [-0.4, -0.2) is 30.4 Å². The van der Waals surface area contributed by atoms with E-state index in [9.17, 15) is 4.79 Å². The molecule has 1 aliphatic heterocycles. The third-order valence-corrected chi connectivity index (χ3v) is 3.54. The zero-order valence-corrected chi connectivity index (χ0v) is 10.5. The molecule has 0 bridgehead atoms. The van der Waals surface area contributed by atoms with E-state index < -0.39 is 0 Å². The number of hydrogen-bond donors (Lipinski definition) is 2. The summed E-state index contributed by atoms with van der Waals surface area (Å²) >= 11 is 0. The van der Waals surface area contributed by atoms with Gasteiger partial charge in [0.1, 0.15) is 0 Å². The van der Waals surface area contributed by atoms with Gasteiger partial charge in [-0.05, 0) is 44.2 Å². The maximum absolute atomic E-state index is 10.9. The molecule has 3 N–H and O–H groups in total. The summed E-state index contributed by atoms with van der Waals surface area (Å²) in [5.74, 6) is 6.63. The van der Waals surface area contributed by atoms with Crippen LogP contribution in [0.15, 0.2) is 0 Å². The van der Waals surface area contributed by atoms with Gasteiger partial charge in [-0.25, -0.2) is 5.84 Å². The van der Waals surface area contributed by atoms with E-state index in [-0.39, 0.29) is 5.91 Å². The second-order valence-corrected chi connectivity index (χ2v) is 5.12. The van der Waals surface area contributed by atoms with E-state index >= 15 is 0 Å². The number of nitrogens with zero attached hydrogens (tertiary/aromatic N) is 1. The van der Waals surface area contributed by atoms with Crippen molar-refractivity contribution in [2.45, 2.75) is 39.5 Å². The molecule has 0 saturated carbocycles. The van der Waals surface area contributed by atoms with Crippen LogP contribution in [0.4, 0.5) is 0 Å². The molecule has 0 aliphatic carbocycles. The van der Waals surface area contributed by atoms with Crippen LogP contribution >= 0.6 is 0 Å². The first kappa shape index (κ1) is 13.5. The summed E-state index contributed by atoms with van der Waals surface area (Å²) in [6.07, 6.45) is 3.92. The van der Waals surface area contributed by atoms with Crippen molar-refractivity contribution < 1.29 is 4.79 Å². The van der Waals surface area contributed by atoms with Crippen LogP contribution in [0.5, 0.6) is 0 Å². The van der Waals surface area contributed by atoms with Crippen LogP contribution in [0.25, 0.3) is 0 Å². The second-order valence-electron chi connectivity index (χ2n) is 5.12. The molecule has 94 valence electrons. The molecule has 1 atom stereocenters. The minimum atomic E-state index is -0.0542. The lowest BCUT2D eigenvalue weighted by molar-refractivity contribution is -0.121. The summed E-state index contributed by atoms with van der Waals surface area (Å²) in [6, 6.07) is 0. The van der Waals surface area contributed by atoms with Gasteiger partial charge >= 0.3 is 0 Å². The lowest BCUT2D eigenvalue weighted by atomic mass is 9.95. The predicted molar refractivity (Wildman–Crippen MR) is 65.6 cm³/mol. The van der Waals surface area contributed by atoms with Crippen LogP contribution in [0.3, 0.4) is 0 Å². The summed E-state index contributed by atoms with van der Waals surface area (Å²) in [6.45, 7) is 8.20. The van der Waals surface area contributed by atoms with Crippen LogP contribution in [0, 0.1) is 11.8 Å². The van der Waals surface area contributed by atoms with Gasteiger partial charge in [0.2, 0.25) is 5.91 Å². The molecule has 1 rings (SSSR count). The van der Waals surface area contributed by atoms with E-state index in [0.29, 0.717) is 6.42 Å². The molecule has 0 radical (unpaired) electrons. The van der Waals surface area contributed by atoms with Gasteiger partial charge in [0.25, 0.3) is 0 Å². The molecule has 0 aromatic carbocycles. The molecule has 1 fully saturated rings. The number of nitrogens with two attached hydrogens (primary N) is 1. The average Bonchev–Trinajstić information content (AvgIpc) is 2.72. The number of hydrogen-bond acceptors (Lipinski definition) is 3. The standard InChI is InChI=1S/C12H25N3O/c1-10(2)11-6-8-15(9-11)7-4-3-5-12(16)14-13/h10-11H,3-9,13H2,1-2H3,(H,14,16). The average molecular weight is 227 g/mol. The minimum Gasteiger partial charge on any atom is -0.303 e. The quantitative estimate of drug-likeness (QED) is 0.309. The Morgan fingerprint density at radius 2 is 2.25 bits per heavy atom. The summed E-state index contributed by atoms with van der Waals surface area (Å²) in [7, 11) is 0. The van der Waals surface area contributed by atoms with Gasteiger partial charge in [0, 0.05) is 13.0 Å². The van der Waals surface area contributed by atoms with Gasteiger partial charge in [-0.15, -0.1) is 0 Å². The van der Waals surface area contributed by atoms with Crippen molar-refractivity contribution >= 4 is 5.91 Å². The Bertz CT molecular complexity index is 218. The number of likely N-dealkylation sites (tertiary alicyclic amines) is 1. The number of amides is 1. The Kier molecular flexibility index (Phi) is 5.77. The largest absolute Gasteiger partial charge is 0.303 e. The molecule has 4 heteroatoms. The lowest BCUT2D eigenvalue weighted by Gasteiger charge is -2.17. The summed E-state index contributed by atoms with van der Waals surface area (Å²) in [5, 5.41) is 0. The Labute approximate surface area is 98.5 Å². The zero-order chi connectivity index (χ0) is 12.0. The molecule has 4 nitrogen and oxygen atoms in total. The number of rotatable bonds is 6. The molecule has 1 aliphatic rings. The number of carbonyl (C=O) groups excluding carboxylic acids is 1. The maximum Gasteiger partial charge on any atom is 0.233 e. The fourth-order valence-electron chi connectivity index (χ4n) is 2.30. The Morgan fingerprint density at radius 3 is 2.81 bits per heavy atom. The van der Waals surface area contributed by atoms with Crippen molar-refractivity contribution in [2.75, 3.05) is 19.6 Å². The molecule has 1 unspecified atom stereocenters. The second kappa shape index (κ2) is 6.86. The molecule has 1 heterocycles. The van der Waals surface area contributed by atoms with E-state index in [4.69, 9.17) is 5.84 Å². The Hall–Kier alpha value is -0.610. The summed E-state index contributed by atoms with van der Waals surface area (Å²) in [5.41, 5.74) is 2.16. The highest BCUT2D eigenvalue weighted by Gasteiger charge is 2.23. The lowest BCUT2D eigenvalue weighted by Crippen LogP contribution is -2.30. The molecule has 0 spiro atoms. The molecular formula is C12H25N3O. The van der Waals surface area contributed by atoms with E-state index in [2.05, 4.69) is 24.2 Å². The molecule has 1 saturated heterocycles. The number of hydrazine groups is 1. The van der Waals surface area contributed by atoms with Gasteiger partial charge in [0.05, 0.1) is 0 Å². The Morgan fingerprint density at radius 1 is 1.50 bits per heavy atom. The number of carbonyl (C=O) groups is 1. The molecule has 16 heavy (non-hydrogen) atoms. The van der Waals surface area contributed by atoms with Gasteiger partial charge in [-0.2, -0.15) is 0 Å². The SMILES string of the molecule is CC(C)C1CCN(CCCCC(=O)NN)C1. The van der Waals surface area contributed by atoms with Crippen molar-refractivity contribution in [1.29, 1.82) is 0 Å². The monoisotopic (exact) mass is 227 g/mol. The zero-order valence-electron chi connectivity index (χ0n) is 10.5.